The summed E-state index contributed by atoms with van der Waals surface area (Å²) in [5.74, 6) is -0.0702. The molecule has 0 spiro atoms. The van der Waals surface area contributed by atoms with Gasteiger partial charge in [-0.25, -0.2) is 14.2 Å². The monoisotopic (exact) mass is 554 g/mol. The number of fused-ring (bicyclic) bond motifs is 1. The zero-order valence-electron chi connectivity index (χ0n) is 24.2. The predicted octanol–water partition coefficient (Wildman–Crippen LogP) is 2.71. The lowest BCUT2D eigenvalue weighted by atomic mass is 9.84. The maximum Gasteiger partial charge on any atom is 0.407 e. The van der Waals surface area contributed by atoms with Gasteiger partial charge in [0.2, 0.25) is 5.95 Å². The van der Waals surface area contributed by atoms with Crippen molar-refractivity contribution in [2.24, 2.45) is 17.9 Å². The highest BCUT2D eigenvalue weighted by molar-refractivity contribution is 5.76. The highest BCUT2D eigenvalue weighted by Gasteiger charge is 2.39. The van der Waals surface area contributed by atoms with Crippen LogP contribution in [0.2, 0.25) is 0 Å². The molecular formula is C28H38N6O6. The van der Waals surface area contributed by atoms with Crippen LogP contribution in [0, 0.1) is 10.8 Å². The number of nitrogens with zero attached hydrogens (tertiary/aromatic N) is 6. The van der Waals surface area contributed by atoms with Crippen molar-refractivity contribution in [2.45, 2.75) is 60.9 Å². The number of benzene rings is 1. The minimum atomic E-state index is -0.979. The SMILES string of the molecule is Cn1c(=O)n(COC(=O)C(C)(C)C)c(=O)c2c1nc(N1CCN(C(=O)O)C(C(C)(C)C)C1)n2Cc1ccccc1. The van der Waals surface area contributed by atoms with Gasteiger partial charge in [0.05, 0.1) is 18.0 Å². The first-order valence-electron chi connectivity index (χ1n) is 13.3. The Balaban J connectivity index is 1.88. The van der Waals surface area contributed by atoms with Gasteiger partial charge in [0, 0.05) is 26.7 Å². The van der Waals surface area contributed by atoms with Gasteiger partial charge in [0.15, 0.2) is 17.9 Å². The molecule has 1 saturated heterocycles. The van der Waals surface area contributed by atoms with Crippen LogP contribution in [0.25, 0.3) is 11.2 Å². The fourth-order valence-electron chi connectivity index (χ4n) is 4.91. The van der Waals surface area contributed by atoms with Crippen molar-refractivity contribution in [3.63, 3.8) is 0 Å². The molecule has 1 aliphatic rings. The van der Waals surface area contributed by atoms with E-state index in [-0.39, 0.29) is 29.2 Å². The summed E-state index contributed by atoms with van der Waals surface area (Å²) in [7, 11) is 1.52. The summed E-state index contributed by atoms with van der Waals surface area (Å²) in [5.41, 5.74) is -1.12. The van der Waals surface area contributed by atoms with Crippen LogP contribution in [0.5, 0.6) is 0 Å². The third-order valence-electron chi connectivity index (χ3n) is 7.24. The molecule has 0 bridgehead atoms. The molecule has 3 heterocycles. The molecule has 2 aromatic heterocycles. The second kappa shape index (κ2) is 10.5. The number of carboxylic acid groups (broad SMARTS) is 1. The number of esters is 1. The van der Waals surface area contributed by atoms with E-state index < -0.39 is 35.5 Å². The third-order valence-corrected chi connectivity index (χ3v) is 7.24. The zero-order chi connectivity index (χ0) is 29.6. The smallest absolute Gasteiger partial charge is 0.407 e. The molecule has 3 aromatic rings. The summed E-state index contributed by atoms with van der Waals surface area (Å²) in [6.45, 7) is 11.8. The van der Waals surface area contributed by atoms with E-state index in [1.54, 1.807) is 25.3 Å². The summed E-state index contributed by atoms with van der Waals surface area (Å²) < 4.78 is 9.28. The van der Waals surface area contributed by atoms with Crippen molar-refractivity contribution < 1.29 is 19.4 Å². The van der Waals surface area contributed by atoms with Crippen molar-refractivity contribution in [3.05, 3.63) is 56.7 Å². The van der Waals surface area contributed by atoms with E-state index in [9.17, 15) is 24.3 Å². The molecule has 0 radical (unpaired) electrons. The van der Waals surface area contributed by atoms with E-state index in [1.165, 1.54) is 16.5 Å². The molecule has 1 aliphatic heterocycles. The molecule has 1 unspecified atom stereocenters. The summed E-state index contributed by atoms with van der Waals surface area (Å²) in [6.07, 6.45) is -0.979. The molecule has 1 amide bonds. The average Bonchev–Trinajstić information content (AvgIpc) is 3.25. The number of rotatable bonds is 5. The van der Waals surface area contributed by atoms with Crippen LogP contribution in [0.15, 0.2) is 39.9 Å². The number of hydrogen-bond acceptors (Lipinski definition) is 7. The fourth-order valence-corrected chi connectivity index (χ4v) is 4.91. The van der Waals surface area contributed by atoms with Crippen molar-refractivity contribution in [3.8, 4) is 0 Å². The van der Waals surface area contributed by atoms with E-state index >= 15 is 0 Å². The van der Waals surface area contributed by atoms with Crippen LogP contribution >= 0.6 is 0 Å². The number of ether oxygens (including phenoxy) is 1. The Bertz CT molecular complexity index is 1540. The number of imidazole rings is 1. The first-order valence-corrected chi connectivity index (χ1v) is 13.3. The molecule has 0 aliphatic carbocycles. The lowest BCUT2D eigenvalue weighted by Crippen LogP contribution is -2.60. The lowest BCUT2D eigenvalue weighted by Gasteiger charge is -2.46. The molecule has 12 heteroatoms. The number of anilines is 1. The molecule has 1 N–H and O–H groups in total. The largest absolute Gasteiger partial charge is 0.465 e. The molecule has 40 heavy (non-hydrogen) atoms. The molecule has 216 valence electrons. The standard InChI is InChI=1S/C28H38N6O6/c1-27(2,3)19-16-31(13-14-32(19)26(38)39)24-29-21-20(33(24)15-18-11-9-8-10-12-18)22(35)34(25(37)30(21)7)17-40-23(36)28(4,5)6/h8-12,19H,13-17H2,1-7H3,(H,38,39). The first kappa shape index (κ1) is 28.9. The van der Waals surface area contributed by atoms with Crippen LogP contribution in [0.3, 0.4) is 0 Å². The maximum atomic E-state index is 13.8. The summed E-state index contributed by atoms with van der Waals surface area (Å²) in [5, 5.41) is 9.83. The average molecular weight is 555 g/mol. The van der Waals surface area contributed by atoms with Gasteiger partial charge < -0.3 is 19.6 Å². The van der Waals surface area contributed by atoms with Gasteiger partial charge >= 0.3 is 17.8 Å². The van der Waals surface area contributed by atoms with Gasteiger partial charge in [-0.05, 0) is 31.7 Å². The number of piperazine rings is 1. The van der Waals surface area contributed by atoms with Gasteiger partial charge in [-0.2, -0.15) is 4.98 Å². The summed E-state index contributed by atoms with van der Waals surface area (Å²) >= 11 is 0. The number of aromatic nitrogens is 4. The van der Waals surface area contributed by atoms with Gasteiger partial charge in [-0.1, -0.05) is 51.1 Å². The van der Waals surface area contributed by atoms with Gasteiger partial charge in [-0.3, -0.25) is 18.7 Å². The molecule has 4 rings (SSSR count). The normalized spacial score (nSPS) is 16.4. The van der Waals surface area contributed by atoms with Crippen LogP contribution in [-0.2, 0) is 29.9 Å². The van der Waals surface area contributed by atoms with Crippen molar-refractivity contribution >= 4 is 29.2 Å². The third kappa shape index (κ3) is 5.47. The van der Waals surface area contributed by atoms with Crippen LogP contribution in [-0.4, -0.2) is 66.4 Å². The van der Waals surface area contributed by atoms with E-state index in [4.69, 9.17) is 9.72 Å². The Morgan fingerprint density at radius 1 is 1.02 bits per heavy atom. The van der Waals surface area contributed by atoms with Gasteiger partial charge in [-0.15, -0.1) is 0 Å². The molecule has 1 atom stereocenters. The second-order valence-electron chi connectivity index (χ2n) is 12.3. The second-order valence-corrected chi connectivity index (χ2v) is 12.3. The molecule has 0 saturated carbocycles. The Morgan fingerprint density at radius 3 is 2.25 bits per heavy atom. The quantitative estimate of drug-likeness (QED) is 0.476. The Hall–Kier alpha value is -4.09. The summed E-state index contributed by atoms with van der Waals surface area (Å²) in [6, 6.07) is 9.23. The highest BCUT2D eigenvalue weighted by Crippen LogP contribution is 2.31. The number of carbonyl (C=O) groups excluding carboxylic acids is 1. The lowest BCUT2D eigenvalue weighted by molar-refractivity contribution is -0.157. The van der Waals surface area contributed by atoms with E-state index in [0.29, 0.717) is 25.6 Å². The van der Waals surface area contributed by atoms with Crippen LogP contribution in [0.4, 0.5) is 10.7 Å². The minimum absolute atomic E-state index is 0.195. The van der Waals surface area contributed by atoms with Crippen molar-refractivity contribution in [1.82, 2.24) is 23.6 Å². The number of carbonyl (C=O) groups is 2. The van der Waals surface area contributed by atoms with Gasteiger partial charge in [0.1, 0.15) is 0 Å². The maximum absolute atomic E-state index is 13.8. The van der Waals surface area contributed by atoms with Crippen molar-refractivity contribution in [2.75, 3.05) is 24.5 Å². The number of hydrogen-bond donors (Lipinski definition) is 1. The molecular weight excluding hydrogens is 516 g/mol. The van der Waals surface area contributed by atoms with Crippen LogP contribution < -0.4 is 16.1 Å². The summed E-state index contributed by atoms with van der Waals surface area (Å²) in [4.78, 5) is 59.7. The van der Waals surface area contributed by atoms with E-state index in [0.717, 1.165) is 10.1 Å². The Kier molecular flexibility index (Phi) is 7.57. The number of amides is 1. The molecule has 1 fully saturated rings. The van der Waals surface area contributed by atoms with E-state index in [1.807, 2.05) is 56.0 Å². The minimum Gasteiger partial charge on any atom is -0.465 e. The van der Waals surface area contributed by atoms with Gasteiger partial charge in [0.25, 0.3) is 5.56 Å². The topological polar surface area (TPSA) is 132 Å². The number of aryl methyl sites for hydroxylation is 1. The highest BCUT2D eigenvalue weighted by atomic mass is 16.5. The zero-order valence-corrected chi connectivity index (χ0v) is 24.2. The Morgan fingerprint density at radius 2 is 1.68 bits per heavy atom. The van der Waals surface area contributed by atoms with Crippen molar-refractivity contribution in [1.29, 1.82) is 0 Å². The predicted molar refractivity (Wildman–Crippen MR) is 151 cm³/mol. The van der Waals surface area contributed by atoms with E-state index in [2.05, 4.69) is 0 Å². The van der Waals surface area contributed by atoms with Crippen LogP contribution in [0.1, 0.15) is 47.1 Å². The fraction of sp³-hybridized carbons (Fsp3) is 0.536. The Labute approximate surface area is 232 Å². The molecule has 12 nitrogen and oxygen atoms in total. The first-order chi connectivity index (χ1) is 18.6. The molecule has 1 aromatic carbocycles.